The van der Waals surface area contributed by atoms with Crippen molar-refractivity contribution >= 4 is 11.5 Å². The van der Waals surface area contributed by atoms with E-state index in [2.05, 4.69) is 23.5 Å². The molecule has 0 heterocycles. The quantitative estimate of drug-likeness (QED) is 0.660. The monoisotopic (exact) mass is 254 g/mol. The smallest absolute Gasteiger partial charge is 0.159 e. The van der Waals surface area contributed by atoms with E-state index in [0.717, 1.165) is 25.1 Å². The Morgan fingerprint density at radius 1 is 1.47 bits per heavy atom. The lowest BCUT2D eigenvalue weighted by Gasteiger charge is -2.19. The topological polar surface area (TPSA) is 52.9 Å². The lowest BCUT2D eigenvalue weighted by Crippen LogP contribution is -2.16. The number of benzene rings is 1. The molecule has 0 saturated heterocycles. The van der Waals surface area contributed by atoms with E-state index < -0.39 is 0 Å². The Balaban J connectivity index is 2.09. The summed E-state index contributed by atoms with van der Waals surface area (Å²) >= 11 is 0. The van der Waals surface area contributed by atoms with Crippen LogP contribution in [0.5, 0.6) is 0 Å². The number of nitriles is 1. The highest BCUT2D eigenvalue weighted by atomic mass is 16.1. The van der Waals surface area contributed by atoms with E-state index in [0.29, 0.717) is 17.0 Å². The second-order valence-electron chi connectivity index (χ2n) is 4.96. The Bertz CT molecular complexity index is 540. The van der Waals surface area contributed by atoms with Crippen molar-refractivity contribution < 1.29 is 4.79 Å². The number of anilines is 1. The van der Waals surface area contributed by atoms with Crippen molar-refractivity contribution in [3.05, 3.63) is 41.5 Å². The third-order valence-electron chi connectivity index (χ3n) is 3.51. The Kier molecular flexibility index (Phi) is 4.35. The number of carbonyl (C=O) groups excluding carboxylic acids is 1. The third-order valence-corrected chi connectivity index (χ3v) is 3.51. The first-order valence-corrected chi connectivity index (χ1v) is 6.64. The molecule has 0 aliphatic heterocycles. The Labute approximate surface area is 113 Å². The maximum absolute atomic E-state index is 11.4. The zero-order valence-electron chi connectivity index (χ0n) is 11.1. The van der Waals surface area contributed by atoms with Gasteiger partial charge in [0.15, 0.2) is 5.78 Å². The van der Waals surface area contributed by atoms with Gasteiger partial charge in [-0.05, 0) is 50.3 Å². The molecule has 3 nitrogen and oxygen atoms in total. The van der Waals surface area contributed by atoms with Crippen LogP contribution in [-0.4, -0.2) is 12.3 Å². The molecule has 0 fully saturated rings. The standard InChI is InChI=1S/C16H18N2O/c1-12(19)14-7-8-15(10-17)16(9-14)18-11-13-5-3-2-4-6-13/h2-3,7-9,13,18H,4-6,11H2,1H3. The van der Waals surface area contributed by atoms with E-state index >= 15 is 0 Å². The zero-order chi connectivity index (χ0) is 13.7. The Morgan fingerprint density at radius 2 is 2.32 bits per heavy atom. The summed E-state index contributed by atoms with van der Waals surface area (Å²) in [7, 11) is 0. The number of rotatable bonds is 4. The first-order chi connectivity index (χ1) is 9.20. The van der Waals surface area contributed by atoms with Crippen molar-refractivity contribution in [1.29, 1.82) is 5.26 Å². The van der Waals surface area contributed by atoms with Gasteiger partial charge in [0.2, 0.25) is 0 Å². The fourth-order valence-electron chi connectivity index (χ4n) is 2.30. The molecule has 98 valence electrons. The van der Waals surface area contributed by atoms with Gasteiger partial charge in [0.05, 0.1) is 11.3 Å². The van der Waals surface area contributed by atoms with Gasteiger partial charge in [-0.2, -0.15) is 5.26 Å². The summed E-state index contributed by atoms with van der Waals surface area (Å²) in [5, 5.41) is 12.4. The third kappa shape index (κ3) is 3.45. The summed E-state index contributed by atoms with van der Waals surface area (Å²) in [4.78, 5) is 11.4. The fraction of sp³-hybridized carbons (Fsp3) is 0.375. The molecule has 0 spiro atoms. The molecular formula is C16H18N2O. The average Bonchev–Trinajstić information content (AvgIpc) is 2.45. The van der Waals surface area contributed by atoms with Crippen molar-refractivity contribution in [2.75, 3.05) is 11.9 Å². The van der Waals surface area contributed by atoms with Gasteiger partial charge >= 0.3 is 0 Å². The first kappa shape index (κ1) is 13.4. The highest BCUT2D eigenvalue weighted by Gasteiger charge is 2.11. The normalized spacial score (nSPS) is 17.8. The van der Waals surface area contributed by atoms with Gasteiger partial charge in [-0.3, -0.25) is 4.79 Å². The number of nitrogens with one attached hydrogen (secondary N) is 1. The van der Waals surface area contributed by atoms with Crippen LogP contribution < -0.4 is 5.32 Å². The summed E-state index contributed by atoms with van der Waals surface area (Å²) in [6.45, 7) is 2.39. The van der Waals surface area contributed by atoms with E-state index in [1.54, 1.807) is 18.2 Å². The number of hydrogen-bond donors (Lipinski definition) is 1. The van der Waals surface area contributed by atoms with Crippen molar-refractivity contribution in [3.8, 4) is 6.07 Å². The van der Waals surface area contributed by atoms with E-state index in [1.807, 2.05) is 0 Å². The van der Waals surface area contributed by atoms with E-state index in [-0.39, 0.29) is 5.78 Å². The number of allylic oxidation sites excluding steroid dienone is 2. The molecule has 1 aliphatic carbocycles. The largest absolute Gasteiger partial charge is 0.384 e. The summed E-state index contributed by atoms with van der Waals surface area (Å²) in [5.41, 5.74) is 2.01. The van der Waals surface area contributed by atoms with Crippen LogP contribution in [0.2, 0.25) is 0 Å². The van der Waals surface area contributed by atoms with Crippen LogP contribution in [0.1, 0.15) is 42.1 Å². The van der Waals surface area contributed by atoms with Gasteiger partial charge in [-0.25, -0.2) is 0 Å². The predicted molar refractivity (Wildman–Crippen MR) is 76.1 cm³/mol. The van der Waals surface area contributed by atoms with Crippen molar-refractivity contribution in [2.45, 2.75) is 26.2 Å². The Hall–Kier alpha value is -2.08. The van der Waals surface area contributed by atoms with E-state index in [1.165, 1.54) is 13.3 Å². The molecule has 19 heavy (non-hydrogen) atoms. The summed E-state index contributed by atoms with van der Waals surface area (Å²) < 4.78 is 0. The molecule has 0 aromatic heterocycles. The minimum atomic E-state index is 0.0214. The van der Waals surface area contributed by atoms with Crippen LogP contribution in [0.4, 0.5) is 5.69 Å². The van der Waals surface area contributed by atoms with E-state index in [9.17, 15) is 4.79 Å². The van der Waals surface area contributed by atoms with Crippen LogP contribution >= 0.6 is 0 Å². The molecule has 1 unspecified atom stereocenters. The fourth-order valence-corrected chi connectivity index (χ4v) is 2.30. The molecule has 1 aromatic rings. The maximum Gasteiger partial charge on any atom is 0.159 e. The van der Waals surface area contributed by atoms with E-state index in [4.69, 9.17) is 5.26 Å². The van der Waals surface area contributed by atoms with Gasteiger partial charge in [-0.1, -0.05) is 12.2 Å². The number of ketones is 1. The van der Waals surface area contributed by atoms with Crippen molar-refractivity contribution in [2.24, 2.45) is 5.92 Å². The second-order valence-corrected chi connectivity index (χ2v) is 4.96. The number of hydrogen-bond acceptors (Lipinski definition) is 3. The van der Waals surface area contributed by atoms with Gasteiger partial charge in [-0.15, -0.1) is 0 Å². The van der Waals surface area contributed by atoms with Gasteiger partial charge in [0.1, 0.15) is 6.07 Å². The number of Topliss-reactive ketones (excluding diaryl/α,β-unsaturated/α-hetero) is 1. The second kappa shape index (κ2) is 6.19. The minimum absolute atomic E-state index is 0.0214. The maximum atomic E-state index is 11.4. The van der Waals surface area contributed by atoms with Gasteiger partial charge < -0.3 is 5.32 Å². The van der Waals surface area contributed by atoms with Crippen LogP contribution in [0.15, 0.2) is 30.4 Å². The molecule has 1 aliphatic rings. The molecule has 1 aromatic carbocycles. The molecule has 2 rings (SSSR count). The van der Waals surface area contributed by atoms with Crippen molar-refractivity contribution in [3.63, 3.8) is 0 Å². The molecule has 1 N–H and O–H groups in total. The first-order valence-electron chi connectivity index (χ1n) is 6.64. The SMILES string of the molecule is CC(=O)c1ccc(C#N)c(NCC2CC=CCC2)c1. The predicted octanol–water partition coefficient (Wildman–Crippen LogP) is 3.53. The highest BCUT2D eigenvalue weighted by Crippen LogP contribution is 2.22. The molecular weight excluding hydrogens is 236 g/mol. The molecule has 3 heteroatoms. The molecule has 0 saturated carbocycles. The lowest BCUT2D eigenvalue weighted by molar-refractivity contribution is 0.101. The zero-order valence-corrected chi connectivity index (χ0v) is 11.1. The average molecular weight is 254 g/mol. The van der Waals surface area contributed by atoms with Crippen LogP contribution in [0.25, 0.3) is 0 Å². The van der Waals surface area contributed by atoms with Gasteiger partial charge in [0, 0.05) is 12.1 Å². The Morgan fingerprint density at radius 3 is 2.95 bits per heavy atom. The molecule has 0 amide bonds. The van der Waals surface area contributed by atoms with Crippen LogP contribution in [0.3, 0.4) is 0 Å². The van der Waals surface area contributed by atoms with Gasteiger partial charge in [0.25, 0.3) is 0 Å². The van der Waals surface area contributed by atoms with Crippen molar-refractivity contribution in [1.82, 2.24) is 0 Å². The minimum Gasteiger partial charge on any atom is -0.384 e. The van der Waals surface area contributed by atoms with Crippen LogP contribution in [0, 0.1) is 17.2 Å². The highest BCUT2D eigenvalue weighted by molar-refractivity contribution is 5.95. The molecule has 0 radical (unpaired) electrons. The summed E-state index contributed by atoms with van der Waals surface area (Å²) in [6, 6.07) is 7.35. The number of nitrogens with zero attached hydrogens (tertiary/aromatic N) is 1. The van der Waals surface area contributed by atoms with Crippen LogP contribution in [-0.2, 0) is 0 Å². The molecule has 1 atom stereocenters. The molecule has 0 bridgehead atoms. The number of carbonyl (C=O) groups is 1. The summed E-state index contributed by atoms with van der Waals surface area (Å²) in [5.74, 6) is 0.630. The summed E-state index contributed by atoms with van der Waals surface area (Å²) in [6.07, 6.45) is 7.82. The lowest BCUT2D eigenvalue weighted by atomic mass is 9.94.